The molecule has 0 aliphatic rings. The number of para-hydroxylation sites is 1. The van der Waals surface area contributed by atoms with Crippen LogP contribution in [0.4, 0.5) is 10.1 Å². The zero-order chi connectivity index (χ0) is 28.9. The van der Waals surface area contributed by atoms with Crippen molar-refractivity contribution in [1.82, 2.24) is 25.5 Å². The van der Waals surface area contributed by atoms with E-state index < -0.39 is 29.2 Å². The minimum Gasteiger partial charge on any atom is -0.494 e. The summed E-state index contributed by atoms with van der Waals surface area (Å²) in [5, 5.41) is 15.4. The molecule has 0 radical (unpaired) electrons. The first-order valence-corrected chi connectivity index (χ1v) is 13.0. The molecule has 9 nitrogen and oxygen atoms in total. The predicted octanol–water partition coefficient (Wildman–Crippen LogP) is 4.88. The van der Waals surface area contributed by atoms with E-state index in [4.69, 9.17) is 4.74 Å². The first-order chi connectivity index (χ1) is 19.1. The minimum atomic E-state index is -1.20. The van der Waals surface area contributed by atoms with Crippen LogP contribution in [0.15, 0.2) is 72.8 Å². The Bertz CT molecular complexity index is 1460. The van der Waals surface area contributed by atoms with Crippen LogP contribution in [0.25, 0.3) is 11.4 Å². The van der Waals surface area contributed by atoms with Crippen molar-refractivity contribution in [2.24, 2.45) is 0 Å². The van der Waals surface area contributed by atoms with Crippen LogP contribution in [0.1, 0.15) is 44.9 Å². The Labute approximate surface area is 233 Å². The van der Waals surface area contributed by atoms with Crippen molar-refractivity contribution in [3.63, 3.8) is 0 Å². The summed E-state index contributed by atoms with van der Waals surface area (Å²) in [6.45, 7) is 9.45. The Kier molecular flexibility index (Phi) is 8.57. The van der Waals surface area contributed by atoms with E-state index in [-0.39, 0.29) is 12.2 Å². The fourth-order valence-corrected chi connectivity index (χ4v) is 4.16. The van der Waals surface area contributed by atoms with Gasteiger partial charge in [-0.05, 0) is 69.7 Å². The number of ether oxygens (including phenoxy) is 1. The number of tetrazole rings is 1. The second kappa shape index (κ2) is 12.1. The zero-order valence-electron chi connectivity index (χ0n) is 23.3. The van der Waals surface area contributed by atoms with E-state index >= 15 is 4.39 Å². The number of hydrogen-bond acceptors (Lipinski definition) is 6. The Hall–Kier alpha value is -4.60. The number of carbonyl (C=O) groups excluding carboxylic acids is 2. The second-order valence-electron chi connectivity index (χ2n) is 10.4. The van der Waals surface area contributed by atoms with Crippen molar-refractivity contribution in [3.8, 4) is 17.1 Å². The van der Waals surface area contributed by atoms with Gasteiger partial charge in [0.1, 0.15) is 24.2 Å². The topological polar surface area (TPSA) is 102 Å². The molecule has 4 rings (SSSR count). The van der Waals surface area contributed by atoms with E-state index in [1.807, 2.05) is 58.9 Å². The number of rotatable bonds is 9. The Morgan fingerprint density at radius 1 is 1.02 bits per heavy atom. The van der Waals surface area contributed by atoms with E-state index in [0.717, 1.165) is 20.8 Å². The van der Waals surface area contributed by atoms with Gasteiger partial charge < -0.3 is 10.1 Å². The largest absolute Gasteiger partial charge is 0.494 e. The molecule has 208 valence electrons. The normalized spacial score (nSPS) is 12.1. The average molecular weight is 545 g/mol. The van der Waals surface area contributed by atoms with E-state index in [1.54, 1.807) is 30.3 Å². The molecule has 1 N–H and O–H groups in total. The standard InChI is InChI=1S/C30H33FN6O3/c1-6-40-23-17-15-21(16-18-23)27(29(39)32-30(3,4)5)37(25-10-8-7-9-24(25)31)26(38)19-36-34-28(33-35-36)22-13-11-20(2)12-14-22/h7-18,27H,6,19H2,1-5H3,(H,32,39)/t27-/m1/s1. The highest BCUT2D eigenvalue weighted by atomic mass is 19.1. The lowest BCUT2D eigenvalue weighted by atomic mass is 10.0. The Balaban J connectivity index is 1.75. The number of hydrogen-bond donors (Lipinski definition) is 1. The van der Waals surface area contributed by atoms with E-state index in [0.29, 0.717) is 23.7 Å². The molecule has 0 spiro atoms. The van der Waals surface area contributed by atoms with Crippen molar-refractivity contribution < 1.29 is 18.7 Å². The summed E-state index contributed by atoms with van der Waals surface area (Å²) in [5.41, 5.74) is 1.65. The number of halogens is 1. The van der Waals surface area contributed by atoms with Gasteiger partial charge in [-0.15, -0.1) is 10.2 Å². The van der Waals surface area contributed by atoms with Crippen LogP contribution in [0.2, 0.25) is 0 Å². The Morgan fingerprint density at radius 2 is 1.70 bits per heavy atom. The van der Waals surface area contributed by atoms with Gasteiger partial charge in [-0.2, -0.15) is 4.80 Å². The molecular formula is C30H33FN6O3. The summed E-state index contributed by atoms with van der Waals surface area (Å²) in [4.78, 5) is 30.0. The smallest absolute Gasteiger partial charge is 0.251 e. The van der Waals surface area contributed by atoms with Crippen molar-refractivity contribution in [3.05, 3.63) is 89.7 Å². The third-order valence-corrected chi connectivity index (χ3v) is 5.93. The van der Waals surface area contributed by atoms with Gasteiger partial charge in [0, 0.05) is 11.1 Å². The fourth-order valence-electron chi connectivity index (χ4n) is 4.16. The molecule has 0 saturated carbocycles. The van der Waals surface area contributed by atoms with Gasteiger partial charge in [0.25, 0.3) is 5.91 Å². The maximum Gasteiger partial charge on any atom is 0.251 e. The highest BCUT2D eigenvalue weighted by molar-refractivity contribution is 6.01. The number of nitrogens with one attached hydrogen (secondary N) is 1. The molecule has 1 aromatic heterocycles. The van der Waals surface area contributed by atoms with Crippen molar-refractivity contribution in [2.45, 2.75) is 52.7 Å². The monoisotopic (exact) mass is 544 g/mol. The van der Waals surface area contributed by atoms with Crippen molar-refractivity contribution in [1.29, 1.82) is 0 Å². The number of amides is 2. The number of nitrogens with zero attached hydrogens (tertiary/aromatic N) is 5. The SMILES string of the molecule is CCOc1ccc([C@H](C(=O)NC(C)(C)C)N(C(=O)Cn2nnc(-c3ccc(C)cc3)n2)c2ccccc2F)cc1. The van der Waals surface area contributed by atoms with Gasteiger partial charge in [-0.3, -0.25) is 14.5 Å². The molecule has 3 aromatic carbocycles. The molecule has 0 bridgehead atoms. The number of aryl methyl sites for hydroxylation is 1. The highest BCUT2D eigenvalue weighted by Crippen LogP contribution is 2.32. The summed E-state index contributed by atoms with van der Waals surface area (Å²) in [6, 6.07) is 19.1. The van der Waals surface area contributed by atoms with Gasteiger partial charge in [-0.25, -0.2) is 4.39 Å². The van der Waals surface area contributed by atoms with Crippen LogP contribution < -0.4 is 15.0 Å². The van der Waals surface area contributed by atoms with E-state index in [9.17, 15) is 9.59 Å². The van der Waals surface area contributed by atoms with Crippen LogP contribution in [-0.2, 0) is 16.1 Å². The quantitative estimate of drug-likeness (QED) is 0.322. The lowest BCUT2D eigenvalue weighted by Gasteiger charge is -2.33. The molecule has 2 amide bonds. The summed E-state index contributed by atoms with van der Waals surface area (Å²) < 4.78 is 20.8. The zero-order valence-corrected chi connectivity index (χ0v) is 23.3. The van der Waals surface area contributed by atoms with E-state index in [1.165, 1.54) is 18.2 Å². The molecule has 1 heterocycles. The van der Waals surface area contributed by atoms with Crippen LogP contribution in [0.5, 0.6) is 5.75 Å². The van der Waals surface area contributed by atoms with Crippen LogP contribution in [0, 0.1) is 12.7 Å². The molecule has 4 aromatic rings. The third-order valence-electron chi connectivity index (χ3n) is 5.93. The molecule has 0 aliphatic carbocycles. The third kappa shape index (κ3) is 6.88. The average Bonchev–Trinajstić information content (AvgIpc) is 3.36. The van der Waals surface area contributed by atoms with Crippen molar-refractivity contribution >= 4 is 17.5 Å². The predicted molar refractivity (Wildman–Crippen MR) is 150 cm³/mol. The molecule has 40 heavy (non-hydrogen) atoms. The number of benzene rings is 3. The van der Waals surface area contributed by atoms with Crippen molar-refractivity contribution in [2.75, 3.05) is 11.5 Å². The molecule has 0 fully saturated rings. The number of anilines is 1. The summed E-state index contributed by atoms with van der Waals surface area (Å²) in [6.07, 6.45) is 0. The van der Waals surface area contributed by atoms with Crippen LogP contribution >= 0.6 is 0 Å². The molecule has 1 atom stereocenters. The van der Waals surface area contributed by atoms with Crippen LogP contribution in [-0.4, -0.2) is 44.2 Å². The summed E-state index contributed by atoms with van der Waals surface area (Å²) >= 11 is 0. The number of carbonyl (C=O) groups is 2. The molecular weight excluding hydrogens is 511 g/mol. The van der Waals surface area contributed by atoms with Crippen LogP contribution in [0.3, 0.4) is 0 Å². The Morgan fingerprint density at radius 3 is 2.33 bits per heavy atom. The fraction of sp³-hybridized carbons (Fsp3) is 0.300. The molecule has 0 saturated heterocycles. The van der Waals surface area contributed by atoms with Gasteiger partial charge in [0.2, 0.25) is 11.7 Å². The summed E-state index contributed by atoms with van der Waals surface area (Å²) in [5.74, 6) is -0.762. The lowest BCUT2D eigenvalue weighted by molar-refractivity contribution is -0.128. The first kappa shape index (κ1) is 28.4. The van der Waals surface area contributed by atoms with Gasteiger partial charge in [0.05, 0.1) is 12.3 Å². The highest BCUT2D eigenvalue weighted by Gasteiger charge is 2.36. The molecule has 0 unspecified atom stereocenters. The van der Waals surface area contributed by atoms with Gasteiger partial charge in [0.15, 0.2) is 0 Å². The maximum atomic E-state index is 15.2. The molecule has 0 aliphatic heterocycles. The molecule has 10 heteroatoms. The minimum absolute atomic E-state index is 0.0469. The maximum absolute atomic E-state index is 15.2. The van der Waals surface area contributed by atoms with Gasteiger partial charge in [-0.1, -0.05) is 54.1 Å². The first-order valence-electron chi connectivity index (χ1n) is 13.0. The van der Waals surface area contributed by atoms with Gasteiger partial charge >= 0.3 is 0 Å². The van der Waals surface area contributed by atoms with E-state index in [2.05, 4.69) is 20.7 Å². The second-order valence-corrected chi connectivity index (χ2v) is 10.4. The number of aromatic nitrogens is 4. The lowest BCUT2D eigenvalue weighted by Crippen LogP contribution is -2.50. The summed E-state index contributed by atoms with van der Waals surface area (Å²) in [7, 11) is 0.